The van der Waals surface area contributed by atoms with E-state index in [0.717, 1.165) is 23.8 Å². The molecule has 3 aliphatic heterocycles. The molecule has 5 nitrogen and oxygen atoms in total. The zero-order valence-electron chi connectivity index (χ0n) is 13.7. The number of nitrogens with one attached hydrogen (secondary N) is 3. The number of anilines is 4. The molecule has 1 aromatic heterocycles. The molecule has 0 atom stereocenters. The summed E-state index contributed by atoms with van der Waals surface area (Å²) in [6, 6.07) is 4.72. The average Bonchev–Trinajstić information content (AvgIpc) is 2.99. The van der Waals surface area contributed by atoms with Crippen LogP contribution >= 0.6 is 34.5 Å². The number of fused-ring (bicyclic) bond motifs is 2. The molecule has 0 unspecified atom stereocenters. The molecule has 0 saturated carbocycles. The zero-order valence-corrected chi connectivity index (χ0v) is 16.0. The molecule has 2 amide bonds. The predicted octanol–water partition coefficient (Wildman–Crippen LogP) is 5.44. The van der Waals surface area contributed by atoms with E-state index in [1.54, 1.807) is 29.5 Å². The molecule has 25 heavy (non-hydrogen) atoms. The van der Waals surface area contributed by atoms with Crippen molar-refractivity contribution < 1.29 is 4.79 Å². The third-order valence-electron chi connectivity index (χ3n) is 4.77. The van der Waals surface area contributed by atoms with Crippen LogP contribution < -0.4 is 20.9 Å². The van der Waals surface area contributed by atoms with E-state index in [1.807, 2.05) is 7.05 Å². The van der Waals surface area contributed by atoms with Gasteiger partial charge in [0.25, 0.3) is 0 Å². The maximum absolute atomic E-state index is 12.4. The van der Waals surface area contributed by atoms with Gasteiger partial charge in [0.15, 0.2) is 0 Å². The second-order valence-corrected chi connectivity index (χ2v) is 8.06. The van der Waals surface area contributed by atoms with Gasteiger partial charge in [0.05, 0.1) is 20.7 Å². The summed E-state index contributed by atoms with van der Waals surface area (Å²) >= 11 is 13.5. The lowest BCUT2D eigenvalue weighted by atomic mass is 9.85. The molecule has 8 heteroatoms. The molecule has 4 heterocycles. The van der Waals surface area contributed by atoms with E-state index >= 15 is 0 Å². The number of rotatable bonds is 3. The Hall–Kier alpha value is -1.63. The first-order valence-corrected chi connectivity index (χ1v) is 9.76. The minimum Gasteiger partial charge on any atom is -0.385 e. The topological polar surface area (TPSA) is 56.4 Å². The van der Waals surface area contributed by atoms with Crippen LogP contribution in [0.4, 0.5) is 26.2 Å². The van der Waals surface area contributed by atoms with Crippen molar-refractivity contribution in [3.05, 3.63) is 33.8 Å². The SMILES string of the molecule is CNc1c(NC(=O)Nc2ccc(Cl)c(Cl)c2)sc2c1C1CCN2CC1. The van der Waals surface area contributed by atoms with E-state index in [0.29, 0.717) is 21.7 Å². The molecule has 1 saturated heterocycles. The van der Waals surface area contributed by atoms with Gasteiger partial charge < -0.3 is 15.5 Å². The lowest BCUT2D eigenvalue weighted by Crippen LogP contribution is -2.37. The number of nitrogens with zero attached hydrogens (tertiary/aromatic N) is 1. The Labute approximate surface area is 160 Å². The number of carbonyl (C=O) groups is 1. The van der Waals surface area contributed by atoms with Gasteiger partial charge in [0.2, 0.25) is 0 Å². The molecule has 132 valence electrons. The van der Waals surface area contributed by atoms with Gasteiger partial charge in [-0.1, -0.05) is 34.5 Å². The lowest BCUT2D eigenvalue weighted by Gasteiger charge is -2.40. The van der Waals surface area contributed by atoms with Crippen LogP contribution in [0.3, 0.4) is 0 Å². The van der Waals surface area contributed by atoms with E-state index in [9.17, 15) is 4.79 Å². The molecule has 0 aliphatic carbocycles. The molecule has 2 aromatic rings. The van der Waals surface area contributed by atoms with Crippen LogP contribution in [0, 0.1) is 0 Å². The first-order chi connectivity index (χ1) is 12.1. The molecule has 1 fully saturated rings. The quantitative estimate of drug-likeness (QED) is 0.647. The second kappa shape index (κ2) is 6.59. The van der Waals surface area contributed by atoms with E-state index in [-0.39, 0.29) is 6.03 Å². The molecule has 5 rings (SSSR count). The van der Waals surface area contributed by atoms with Crippen molar-refractivity contribution in [1.82, 2.24) is 0 Å². The normalized spacial score (nSPS) is 15.9. The third-order valence-corrected chi connectivity index (χ3v) is 6.69. The number of amides is 2. The fourth-order valence-electron chi connectivity index (χ4n) is 3.59. The highest BCUT2D eigenvalue weighted by atomic mass is 35.5. The van der Waals surface area contributed by atoms with Gasteiger partial charge in [-0.25, -0.2) is 4.79 Å². The monoisotopic (exact) mass is 396 g/mol. The molecule has 2 bridgehead atoms. The fraction of sp³-hybridized carbons (Fsp3) is 0.353. The predicted molar refractivity (Wildman–Crippen MR) is 107 cm³/mol. The summed E-state index contributed by atoms with van der Waals surface area (Å²) in [6.45, 7) is 2.21. The van der Waals surface area contributed by atoms with Crippen LogP contribution in [0.1, 0.15) is 24.3 Å². The summed E-state index contributed by atoms with van der Waals surface area (Å²) < 4.78 is 0. The van der Waals surface area contributed by atoms with E-state index in [1.165, 1.54) is 23.4 Å². The van der Waals surface area contributed by atoms with Crippen molar-refractivity contribution in [1.29, 1.82) is 0 Å². The summed E-state index contributed by atoms with van der Waals surface area (Å²) in [6.07, 6.45) is 2.38. The van der Waals surface area contributed by atoms with Crippen molar-refractivity contribution in [2.75, 3.05) is 41.0 Å². The van der Waals surface area contributed by atoms with Crippen molar-refractivity contribution in [2.24, 2.45) is 0 Å². The van der Waals surface area contributed by atoms with E-state index < -0.39 is 0 Å². The molecule has 0 radical (unpaired) electrons. The number of urea groups is 1. The summed E-state index contributed by atoms with van der Waals surface area (Å²) in [5.41, 5.74) is 3.00. The van der Waals surface area contributed by atoms with Crippen LogP contribution in [0.2, 0.25) is 10.0 Å². The molecular formula is C17H18Cl2N4OS. The minimum absolute atomic E-state index is 0.296. The third kappa shape index (κ3) is 3.03. The number of hydrogen-bond donors (Lipinski definition) is 3. The summed E-state index contributed by atoms with van der Waals surface area (Å²) in [4.78, 5) is 14.8. The Bertz CT molecular complexity index is 830. The van der Waals surface area contributed by atoms with Crippen molar-refractivity contribution >= 4 is 61.9 Å². The molecule has 3 aliphatic rings. The zero-order chi connectivity index (χ0) is 17.6. The number of halogens is 2. The van der Waals surface area contributed by atoms with Crippen LogP contribution in [0.25, 0.3) is 0 Å². The molecular weight excluding hydrogens is 379 g/mol. The van der Waals surface area contributed by atoms with E-state index in [4.69, 9.17) is 23.2 Å². The van der Waals surface area contributed by atoms with E-state index in [2.05, 4.69) is 20.9 Å². The Morgan fingerprint density at radius 2 is 1.96 bits per heavy atom. The van der Waals surface area contributed by atoms with Gasteiger partial charge in [-0.15, -0.1) is 0 Å². The lowest BCUT2D eigenvalue weighted by molar-refractivity contribution is 0.262. The van der Waals surface area contributed by atoms with Crippen molar-refractivity contribution in [2.45, 2.75) is 18.8 Å². The van der Waals surface area contributed by atoms with Crippen LogP contribution in [0.5, 0.6) is 0 Å². The minimum atomic E-state index is -0.296. The second-order valence-electron chi connectivity index (χ2n) is 6.24. The molecule has 3 N–H and O–H groups in total. The van der Waals surface area contributed by atoms with Gasteiger partial charge >= 0.3 is 6.03 Å². The van der Waals surface area contributed by atoms with Gasteiger partial charge in [0, 0.05) is 31.4 Å². The number of benzene rings is 1. The van der Waals surface area contributed by atoms with Crippen LogP contribution in [-0.4, -0.2) is 26.2 Å². The average molecular weight is 397 g/mol. The molecule has 1 aromatic carbocycles. The fourth-order valence-corrected chi connectivity index (χ4v) is 5.23. The standard InChI is InChI=1S/C17H18Cl2N4OS/c1-20-14-13-9-4-6-23(7-5-9)16(13)25-15(14)22-17(24)21-10-2-3-11(18)12(19)8-10/h2-3,8-9,20H,4-7H2,1H3,(H2,21,22,24). The van der Waals surface area contributed by atoms with Gasteiger partial charge in [-0.05, 0) is 37.0 Å². The Kier molecular flexibility index (Phi) is 4.43. The number of carbonyl (C=O) groups excluding carboxylic acids is 1. The van der Waals surface area contributed by atoms with Crippen molar-refractivity contribution in [3.8, 4) is 0 Å². The first kappa shape index (κ1) is 16.8. The number of thiophene rings is 1. The van der Waals surface area contributed by atoms with Gasteiger partial charge in [-0.2, -0.15) is 0 Å². The Balaban J connectivity index is 1.55. The van der Waals surface area contributed by atoms with Gasteiger partial charge in [0.1, 0.15) is 5.00 Å². The summed E-state index contributed by atoms with van der Waals surface area (Å²) in [5.74, 6) is 0.590. The maximum Gasteiger partial charge on any atom is 0.324 e. The van der Waals surface area contributed by atoms with Crippen LogP contribution in [0.15, 0.2) is 18.2 Å². The van der Waals surface area contributed by atoms with Gasteiger partial charge in [-0.3, -0.25) is 5.32 Å². The number of piperidine rings is 1. The summed E-state index contributed by atoms with van der Waals surface area (Å²) in [7, 11) is 1.90. The smallest absolute Gasteiger partial charge is 0.324 e. The maximum atomic E-state index is 12.4. The largest absolute Gasteiger partial charge is 0.385 e. The Morgan fingerprint density at radius 1 is 1.20 bits per heavy atom. The first-order valence-electron chi connectivity index (χ1n) is 8.19. The highest BCUT2D eigenvalue weighted by Gasteiger charge is 2.36. The van der Waals surface area contributed by atoms with Crippen LogP contribution in [-0.2, 0) is 0 Å². The summed E-state index contributed by atoms with van der Waals surface area (Å²) in [5, 5.41) is 12.1. The number of hydrogen-bond acceptors (Lipinski definition) is 4. The Morgan fingerprint density at radius 3 is 2.64 bits per heavy atom. The highest BCUT2D eigenvalue weighted by Crippen LogP contribution is 2.54. The van der Waals surface area contributed by atoms with Crippen molar-refractivity contribution in [3.63, 3.8) is 0 Å². The molecule has 0 spiro atoms. The highest BCUT2D eigenvalue weighted by molar-refractivity contribution is 7.21.